The summed E-state index contributed by atoms with van der Waals surface area (Å²) in [5, 5.41) is 5.59. The summed E-state index contributed by atoms with van der Waals surface area (Å²) in [6, 6.07) is 11.9. The lowest BCUT2D eigenvalue weighted by Gasteiger charge is -2.40. The molecule has 0 spiro atoms. The molecule has 4 fully saturated rings. The number of piperidine rings is 1. The Morgan fingerprint density at radius 2 is 1.78 bits per heavy atom. The number of piperazine rings is 1. The normalized spacial score (nSPS) is 26.6. The zero-order chi connectivity index (χ0) is 35.2. The van der Waals surface area contributed by atoms with Crippen molar-refractivity contribution in [3.05, 3.63) is 65.6 Å². The van der Waals surface area contributed by atoms with E-state index in [1.54, 1.807) is 30.6 Å². The van der Waals surface area contributed by atoms with E-state index in [1.807, 2.05) is 6.21 Å². The van der Waals surface area contributed by atoms with Gasteiger partial charge in [0.15, 0.2) is 0 Å². The molecule has 4 amide bonds. The summed E-state index contributed by atoms with van der Waals surface area (Å²) in [4.78, 5) is 70.3. The monoisotopic (exact) mass is 689 g/mol. The number of aromatic nitrogens is 2. The highest BCUT2D eigenvalue weighted by atomic mass is 16.2. The van der Waals surface area contributed by atoms with Crippen LogP contribution in [0.1, 0.15) is 77.8 Å². The summed E-state index contributed by atoms with van der Waals surface area (Å²) in [7, 11) is 2.25. The Labute approximate surface area is 296 Å². The van der Waals surface area contributed by atoms with Crippen LogP contribution >= 0.6 is 0 Å². The topological polar surface area (TPSA) is 166 Å². The first kappa shape index (κ1) is 33.0. The van der Waals surface area contributed by atoms with Crippen molar-refractivity contribution in [2.75, 3.05) is 36.9 Å². The van der Waals surface area contributed by atoms with Gasteiger partial charge < -0.3 is 16.0 Å². The molecule has 4 aliphatic heterocycles. The molecular weight excluding hydrogens is 646 g/mol. The molecule has 1 saturated carbocycles. The van der Waals surface area contributed by atoms with E-state index < -0.39 is 29.7 Å². The molecule has 2 aromatic carbocycles. The molecule has 5 aliphatic rings. The predicted molar refractivity (Wildman–Crippen MR) is 194 cm³/mol. The highest BCUT2D eigenvalue weighted by Gasteiger charge is 2.44. The van der Waals surface area contributed by atoms with Gasteiger partial charge in [-0.15, -0.1) is 0 Å². The molecule has 264 valence electrons. The van der Waals surface area contributed by atoms with Crippen LogP contribution in [0, 0.1) is 5.92 Å². The number of allylic oxidation sites excluding steroid dienone is 1. The van der Waals surface area contributed by atoms with Crippen molar-refractivity contribution in [2.24, 2.45) is 16.6 Å². The van der Waals surface area contributed by atoms with Crippen LogP contribution in [0.3, 0.4) is 0 Å². The number of hydrogen-bond donors (Lipinski definition) is 3. The van der Waals surface area contributed by atoms with E-state index in [9.17, 15) is 19.2 Å². The average molecular weight is 690 g/mol. The van der Waals surface area contributed by atoms with Crippen LogP contribution in [0.5, 0.6) is 0 Å². The lowest BCUT2D eigenvalue weighted by atomic mass is 9.78. The van der Waals surface area contributed by atoms with Crippen LogP contribution in [0.4, 0.5) is 11.4 Å². The number of likely N-dealkylation sites (N-methyl/N-ethyl adjacent to an activating group) is 1. The standard InChI is InChI=1S/C38H43N9O4/c1-45-27-5-6-28(45)21-46(20-27)26-7-9-31-32(16-26)43-33(19-42-31)23(17-39)18-41-25-13-22(14-25)3-2-12-40-24-4-8-29-30(15-24)38(51)47(37(29)50)34-10-11-35(48)44-36(34)49/h4,7-9,15-19,22,25,27-28,34,40H,2-3,5-6,10-14,20-21,39H2,1H3,(H,44,48,49). The van der Waals surface area contributed by atoms with Gasteiger partial charge in [0.25, 0.3) is 11.8 Å². The number of rotatable bonds is 10. The van der Waals surface area contributed by atoms with E-state index in [4.69, 9.17) is 15.7 Å². The van der Waals surface area contributed by atoms with Gasteiger partial charge in [-0.3, -0.25) is 44.3 Å². The molecule has 3 atom stereocenters. The fourth-order valence-electron chi connectivity index (χ4n) is 8.30. The van der Waals surface area contributed by atoms with Crippen LogP contribution in [-0.4, -0.2) is 100 Å². The van der Waals surface area contributed by atoms with Gasteiger partial charge in [-0.1, -0.05) is 0 Å². The minimum Gasteiger partial charge on any atom is -0.404 e. The molecular formula is C38H43N9O4. The van der Waals surface area contributed by atoms with Gasteiger partial charge in [0.1, 0.15) is 6.04 Å². The van der Waals surface area contributed by atoms with Crippen molar-refractivity contribution in [1.82, 2.24) is 25.1 Å². The highest BCUT2D eigenvalue weighted by molar-refractivity contribution is 6.23. The average Bonchev–Trinajstić information content (AvgIpc) is 3.45. The predicted octanol–water partition coefficient (Wildman–Crippen LogP) is 3.36. The van der Waals surface area contributed by atoms with Gasteiger partial charge >= 0.3 is 0 Å². The first-order chi connectivity index (χ1) is 24.7. The van der Waals surface area contributed by atoms with Gasteiger partial charge in [-0.05, 0) is 94.3 Å². The van der Waals surface area contributed by atoms with Gasteiger partial charge in [-0.25, -0.2) is 4.98 Å². The molecule has 3 aromatic rings. The number of imide groups is 2. The molecule has 5 heterocycles. The number of fused-ring (bicyclic) bond motifs is 4. The molecule has 3 saturated heterocycles. The maximum absolute atomic E-state index is 13.1. The molecule has 3 unspecified atom stereocenters. The quantitative estimate of drug-likeness (QED) is 0.163. The van der Waals surface area contributed by atoms with Gasteiger partial charge in [0.05, 0.1) is 40.1 Å². The van der Waals surface area contributed by atoms with Gasteiger partial charge in [0, 0.05) is 67.5 Å². The van der Waals surface area contributed by atoms with Crippen molar-refractivity contribution in [2.45, 2.75) is 75.5 Å². The number of nitrogens with one attached hydrogen (secondary N) is 2. The molecule has 1 aliphatic carbocycles. The number of nitrogens with zero attached hydrogens (tertiary/aromatic N) is 6. The number of anilines is 2. The van der Waals surface area contributed by atoms with Crippen molar-refractivity contribution in [3.8, 4) is 0 Å². The molecule has 0 radical (unpaired) electrons. The summed E-state index contributed by atoms with van der Waals surface area (Å²) in [6.07, 6.45) is 11.9. The van der Waals surface area contributed by atoms with Gasteiger partial charge in [-0.2, -0.15) is 0 Å². The Balaban J connectivity index is 0.804. The summed E-state index contributed by atoms with van der Waals surface area (Å²) >= 11 is 0. The second kappa shape index (κ2) is 13.5. The smallest absolute Gasteiger partial charge is 0.262 e. The van der Waals surface area contributed by atoms with Crippen molar-refractivity contribution in [1.29, 1.82) is 0 Å². The Hall–Kier alpha value is -5.17. The van der Waals surface area contributed by atoms with E-state index in [-0.39, 0.29) is 30.0 Å². The van der Waals surface area contributed by atoms with E-state index in [0.29, 0.717) is 23.7 Å². The van der Waals surface area contributed by atoms with Crippen LogP contribution in [-0.2, 0) is 9.59 Å². The molecule has 4 N–H and O–H groups in total. The minimum absolute atomic E-state index is 0.0932. The Morgan fingerprint density at radius 1 is 1.00 bits per heavy atom. The van der Waals surface area contributed by atoms with E-state index in [2.05, 4.69) is 50.7 Å². The SMILES string of the molecule is CN1C2CCC1CN(c1ccc3ncc(C(C=NC4CC(CCCNc5ccc6c(c5)C(=O)N(C5CCC(=O)NC5=O)C6=O)C4)=CN)nc3c1)C2. The zero-order valence-electron chi connectivity index (χ0n) is 28.8. The van der Waals surface area contributed by atoms with Crippen LogP contribution in [0.2, 0.25) is 0 Å². The first-order valence-electron chi connectivity index (χ1n) is 18.0. The van der Waals surface area contributed by atoms with Crippen molar-refractivity contribution in [3.63, 3.8) is 0 Å². The number of aliphatic imine (C=N–C) groups is 1. The Kier molecular flexibility index (Phi) is 8.74. The third-order valence-corrected chi connectivity index (χ3v) is 11.4. The summed E-state index contributed by atoms with van der Waals surface area (Å²) in [6.45, 7) is 2.81. The van der Waals surface area contributed by atoms with Crippen LogP contribution < -0.4 is 21.3 Å². The number of nitrogens with two attached hydrogens (primary N) is 1. The number of carbonyl (C=O) groups is 4. The lowest BCUT2D eigenvalue weighted by Crippen LogP contribution is -2.54. The number of benzene rings is 2. The maximum Gasteiger partial charge on any atom is 0.262 e. The lowest BCUT2D eigenvalue weighted by molar-refractivity contribution is -0.136. The Bertz CT molecular complexity index is 1960. The molecule has 8 rings (SSSR count). The fraction of sp³-hybridized carbons (Fsp3) is 0.447. The third kappa shape index (κ3) is 6.35. The maximum atomic E-state index is 13.1. The van der Waals surface area contributed by atoms with Crippen LogP contribution in [0.15, 0.2) is 53.8 Å². The largest absolute Gasteiger partial charge is 0.404 e. The summed E-state index contributed by atoms with van der Waals surface area (Å²) in [5.74, 6) is -1.42. The first-order valence-corrected chi connectivity index (χ1v) is 18.0. The second-order valence-electron chi connectivity index (χ2n) is 14.6. The summed E-state index contributed by atoms with van der Waals surface area (Å²) in [5.41, 5.74) is 11.7. The van der Waals surface area contributed by atoms with Gasteiger partial charge in [0.2, 0.25) is 11.8 Å². The third-order valence-electron chi connectivity index (χ3n) is 11.4. The molecule has 13 nitrogen and oxygen atoms in total. The van der Waals surface area contributed by atoms with Crippen molar-refractivity contribution >= 4 is 57.8 Å². The van der Waals surface area contributed by atoms with E-state index in [0.717, 1.165) is 72.5 Å². The van der Waals surface area contributed by atoms with E-state index >= 15 is 0 Å². The molecule has 13 heteroatoms. The second-order valence-corrected chi connectivity index (χ2v) is 14.6. The zero-order valence-corrected chi connectivity index (χ0v) is 28.8. The Morgan fingerprint density at radius 3 is 2.55 bits per heavy atom. The molecule has 1 aromatic heterocycles. The number of carbonyl (C=O) groups excluding carboxylic acids is 4. The van der Waals surface area contributed by atoms with Crippen LogP contribution in [0.25, 0.3) is 16.6 Å². The molecule has 2 bridgehead atoms. The number of hydrogen-bond acceptors (Lipinski definition) is 11. The van der Waals surface area contributed by atoms with E-state index in [1.165, 1.54) is 18.5 Å². The highest BCUT2D eigenvalue weighted by Crippen LogP contribution is 2.35. The number of amides is 4. The minimum atomic E-state index is -0.969. The molecule has 51 heavy (non-hydrogen) atoms. The fourth-order valence-corrected chi connectivity index (χ4v) is 8.30. The van der Waals surface area contributed by atoms with Crippen molar-refractivity contribution < 1.29 is 19.2 Å². The summed E-state index contributed by atoms with van der Waals surface area (Å²) < 4.78 is 0.